The Hall–Kier alpha value is -2.64. The molecule has 1 N–H and O–H groups in total. The summed E-state index contributed by atoms with van der Waals surface area (Å²) in [7, 11) is 0. The third kappa shape index (κ3) is 5.95. The van der Waals surface area contributed by atoms with E-state index in [0.29, 0.717) is 26.2 Å². The molecule has 3 amide bonds. The van der Waals surface area contributed by atoms with E-state index < -0.39 is 0 Å². The topological polar surface area (TPSA) is 52.7 Å². The van der Waals surface area contributed by atoms with Gasteiger partial charge >= 0.3 is 6.03 Å². The molecule has 4 rings (SSSR count). The highest BCUT2D eigenvalue weighted by molar-refractivity contribution is 7.10. The van der Waals surface area contributed by atoms with Crippen molar-refractivity contribution < 1.29 is 9.59 Å². The molecule has 1 aliphatic heterocycles. The number of nitrogens with one attached hydrogen (secondary N) is 1. The van der Waals surface area contributed by atoms with Crippen LogP contribution in [0.3, 0.4) is 0 Å². The Kier molecular flexibility index (Phi) is 7.38. The van der Waals surface area contributed by atoms with Crippen LogP contribution >= 0.6 is 22.7 Å². The smallest absolute Gasteiger partial charge is 0.321 e. The van der Waals surface area contributed by atoms with Crippen molar-refractivity contribution in [1.29, 1.82) is 0 Å². The van der Waals surface area contributed by atoms with Gasteiger partial charge in [-0.05, 0) is 54.3 Å². The third-order valence-electron chi connectivity index (χ3n) is 5.53. The third-order valence-corrected chi connectivity index (χ3v) is 7.33. The molecule has 1 atom stereocenters. The van der Waals surface area contributed by atoms with Crippen molar-refractivity contribution in [2.45, 2.75) is 25.8 Å². The predicted molar refractivity (Wildman–Crippen MR) is 128 cm³/mol. The van der Waals surface area contributed by atoms with Crippen molar-refractivity contribution in [3.63, 3.8) is 0 Å². The molecule has 0 saturated carbocycles. The minimum Gasteiger partial charge on any atom is -0.337 e. The van der Waals surface area contributed by atoms with Crippen LogP contribution in [0.2, 0.25) is 0 Å². The van der Waals surface area contributed by atoms with E-state index in [9.17, 15) is 9.59 Å². The van der Waals surface area contributed by atoms with Gasteiger partial charge in [-0.15, -0.1) is 22.7 Å². The summed E-state index contributed by atoms with van der Waals surface area (Å²) < 4.78 is 0. The molecule has 2 aromatic heterocycles. The zero-order valence-electron chi connectivity index (χ0n) is 17.4. The predicted octanol–water partition coefficient (Wildman–Crippen LogP) is 5.33. The molecule has 1 fully saturated rings. The number of likely N-dealkylation sites (tertiary alicyclic amines) is 1. The van der Waals surface area contributed by atoms with Crippen LogP contribution < -0.4 is 5.32 Å². The number of carbonyl (C=O) groups excluding carboxylic acids is 2. The lowest BCUT2D eigenvalue weighted by Crippen LogP contribution is -2.48. The van der Waals surface area contributed by atoms with Crippen LogP contribution in [0.25, 0.3) is 0 Å². The molecule has 162 valence electrons. The van der Waals surface area contributed by atoms with E-state index in [1.807, 2.05) is 46.7 Å². The largest absolute Gasteiger partial charge is 0.337 e. The molecule has 3 heterocycles. The number of hydrogen-bond donors (Lipinski definition) is 1. The number of hydrogen-bond acceptors (Lipinski definition) is 4. The molecule has 31 heavy (non-hydrogen) atoms. The van der Waals surface area contributed by atoms with Crippen molar-refractivity contribution in [2.24, 2.45) is 5.92 Å². The van der Waals surface area contributed by atoms with E-state index in [4.69, 9.17) is 0 Å². The van der Waals surface area contributed by atoms with Crippen molar-refractivity contribution in [1.82, 2.24) is 9.80 Å². The van der Waals surface area contributed by atoms with Crippen molar-refractivity contribution >= 4 is 40.3 Å². The number of thiophene rings is 2. The maximum Gasteiger partial charge on any atom is 0.321 e. The van der Waals surface area contributed by atoms with Crippen LogP contribution in [0.1, 0.15) is 22.6 Å². The maximum absolute atomic E-state index is 13.5. The van der Waals surface area contributed by atoms with Crippen LogP contribution in [-0.4, -0.2) is 41.4 Å². The molecular formula is C24H27N3O2S2. The van der Waals surface area contributed by atoms with Gasteiger partial charge in [-0.3, -0.25) is 4.79 Å². The second kappa shape index (κ2) is 10.6. The van der Waals surface area contributed by atoms with Gasteiger partial charge < -0.3 is 15.1 Å². The standard InChI is InChI=1S/C24H27N3O2S2/c28-23(26(18-22-11-6-16-31-22)14-12-21-10-5-15-30-21)19-7-4-13-27(17-19)24(29)25-20-8-2-1-3-9-20/h1-3,5-6,8-11,15-16,19H,4,7,12-14,17-18H2,(H,25,29)/t19-/m1/s1. The molecule has 1 aromatic carbocycles. The number of urea groups is 1. The Balaban J connectivity index is 1.40. The van der Waals surface area contributed by atoms with E-state index in [-0.39, 0.29) is 17.9 Å². The monoisotopic (exact) mass is 453 g/mol. The SMILES string of the molecule is O=C(Nc1ccccc1)N1CCC[C@@H](C(=O)N(CCc2cccs2)Cc2cccs2)C1. The van der Waals surface area contributed by atoms with Crippen molar-refractivity contribution in [2.75, 3.05) is 25.0 Å². The highest BCUT2D eigenvalue weighted by Crippen LogP contribution is 2.23. The number of piperidine rings is 1. The molecule has 1 aliphatic rings. The lowest BCUT2D eigenvalue weighted by atomic mass is 9.96. The van der Waals surface area contributed by atoms with Crippen molar-refractivity contribution in [3.8, 4) is 0 Å². The number of carbonyl (C=O) groups is 2. The summed E-state index contributed by atoms with van der Waals surface area (Å²) in [6.07, 6.45) is 2.53. The molecular weight excluding hydrogens is 426 g/mol. The first-order valence-corrected chi connectivity index (χ1v) is 12.4. The molecule has 0 radical (unpaired) electrons. The summed E-state index contributed by atoms with van der Waals surface area (Å²) >= 11 is 3.41. The molecule has 0 aliphatic carbocycles. The first-order valence-electron chi connectivity index (χ1n) is 10.6. The normalized spacial score (nSPS) is 16.1. The van der Waals surface area contributed by atoms with Gasteiger partial charge in [-0.25, -0.2) is 4.79 Å². The van der Waals surface area contributed by atoms with Gasteiger partial charge in [-0.1, -0.05) is 30.3 Å². The van der Waals surface area contributed by atoms with Gasteiger partial charge in [0, 0.05) is 35.1 Å². The Morgan fingerprint density at radius 3 is 2.45 bits per heavy atom. The van der Waals surface area contributed by atoms with E-state index in [2.05, 4.69) is 28.9 Å². The minimum absolute atomic E-state index is 0.132. The van der Waals surface area contributed by atoms with E-state index in [1.54, 1.807) is 27.6 Å². The number of benzene rings is 1. The van der Waals surface area contributed by atoms with Gasteiger partial charge in [0.25, 0.3) is 0 Å². The fourth-order valence-electron chi connectivity index (χ4n) is 3.90. The average molecular weight is 454 g/mol. The lowest BCUT2D eigenvalue weighted by Gasteiger charge is -2.35. The molecule has 5 nitrogen and oxygen atoms in total. The quantitative estimate of drug-likeness (QED) is 0.526. The minimum atomic E-state index is -0.154. The van der Waals surface area contributed by atoms with Gasteiger partial charge in [0.05, 0.1) is 12.5 Å². The van der Waals surface area contributed by atoms with Crippen LogP contribution in [0.4, 0.5) is 10.5 Å². The first-order chi connectivity index (χ1) is 15.2. The average Bonchev–Trinajstić information content (AvgIpc) is 3.51. The zero-order valence-corrected chi connectivity index (χ0v) is 19.0. The van der Waals surface area contributed by atoms with Gasteiger partial charge in [-0.2, -0.15) is 0 Å². The number of nitrogens with zero attached hydrogens (tertiary/aromatic N) is 2. The summed E-state index contributed by atoms with van der Waals surface area (Å²) in [5.41, 5.74) is 0.774. The number of rotatable bonds is 7. The molecule has 0 bridgehead atoms. The van der Waals surface area contributed by atoms with Gasteiger partial charge in [0.1, 0.15) is 0 Å². The van der Waals surface area contributed by atoms with Crippen molar-refractivity contribution in [3.05, 3.63) is 75.1 Å². The zero-order chi connectivity index (χ0) is 21.5. The van der Waals surface area contributed by atoms with Gasteiger partial charge in [0.2, 0.25) is 5.91 Å². The summed E-state index contributed by atoms with van der Waals surface area (Å²) in [5, 5.41) is 7.07. The van der Waals surface area contributed by atoms with Crippen LogP contribution in [0.5, 0.6) is 0 Å². The number of anilines is 1. The molecule has 1 saturated heterocycles. The fraction of sp³-hybridized carbons (Fsp3) is 0.333. The van der Waals surface area contributed by atoms with E-state index in [1.165, 1.54) is 9.75 Å². The molecule has 0 spiro atoms. The fourth-order valence-corrected chi connectivity index (χ4v) is 5.32. The van der Waals surface area contributed by atoms with E-state index in [0.717, 1.165) is 24.9 Å². The summed E-state index contributed by atoms with van der Waals surface area (Å²) in [5.74, 6) is 0.000684. The highest BCUT2D eigenvalue weighted by atomic mass is 32.1. The number of amides is 3. The van der Waals surface area contributed by atoms with Gasteiger partial charge in [0.15, 0.2) is 0 Å². The number of para-hydroxylation sites is 1. The van der Waals surface area contributed by atoms with E-state index >= 15 is 0 Å². The van der Waals surface area contributed by atoms with Crippen LogP contribution in [0.15, 0.2) is 65.4 Å². The lowest BCUT2D eigenvalue weighted by molar-refractivity contribution is -0.137. The van der Waals surface area contributed by atoms with Crippen LogP contribution in [0, 0.1) is 5.92 Å². The molecule has 7 heteroatoms. The van der Waals surface area contributed by atoms with Crippen LogP contribution in [-0.2, 0) is 17.8 Å². The first kappa shape index (κ1) is 21.6. The maximum atomic E-state index is 13.5. The second-order valence-electron chi connectivity index (χ2n) is 7.75. The summed E-state index contributed by atoms with van der Waals surface area (Å²) in [6.45, 7) is 2.48. The highest BCUT2D eigenvalue weighted by Gasteiger charge is 2.31. The summed E-state index contributed by atoms with van der Waals surface area (Å²) in [4.78, 5) is 32.5. The molecule has 3 aromatic rings. The molecule has 0 unspecified atom stereocenters. The second-order valence-corrected chi connectivity index (χ2v) is 9.81. The Morgan fingerprint density at radius 2 is 1.74 bits per heavy atom. The Morgan fingerprint density at radius 1 is 1.00 bits per heavy atom. The Labute approximate surface area is 191 Å². The Bertz CT molecular complexity index is 958. The summed E-state index contributed by atoms with van der Waals surface area (Å²) in [6, 6.07) is 17.6.